The Kier molecular flexibility index (Phi) is 3.62. The smallest absolute Gasteiger partial charge is 0.126 e. The van der Waals surface area contributed by atoms with Crippen molar-refractivity contribution in [2.45, 2.75) is 30.7 Å². The number of nitrogens with one attached hydrogen (secondary N) is 1. The van der Waals surface area contributed by atoms with E-state index in [4.69, 9.17) is 11.1 Å². The fourth-order valence-electron chi connectivity index (χ4n) is 2.49. The van der Waals surface area contributed by atoms with Crippen molar-refractivity contribution >= 4 is 23.3 Å². The minimum Gasteiger partial charge on any atom is -0.384 e. The highest BCUT2D eigenvalue weighted by molar-refractivity contribution is 7.98. The van der Waals surface area contributed by atoms with Crippen LogP contribution in [0.15, 0.2) is 23.1 Å². The van der Waals surface area contributed by atoms with Crippen LogP contribution in [0.25, 0.3) is 0 Å². The van der Waals surface area contributed by atoms with E-state index in [-0.39, 0.29) is 5.84 Å². The summed E-state index contributed by atoms with van der Waals surface area (Å²) in [6.07, 6.45) is 4.47. The third-order valence-corrected chi connectivity index (χ3v) is 4.14. The van der Waals surface area contributed by atoms with Gasteiger partial charge in [-0.15, -0.1) is 11.8 Å². The minimum atomic E-state index is 0.170. The summed E-state index contributed by atoms with van der Waals surface area (Å²) in [7, 11) is 0. The Balaban J connectivity index is 2.49. The number of hydrogen-bond acceptors (Lipinski definition) is 3. The van der Waals surface area contributed by atoms with Gasteiger partial charge in [0.25, 0.3) is 0 Å². The predicted octanol–water partition coefficient (Wildman–Crippen LogP) is 2.68. The number of benzene rings is 1. The Hall–Kier alpha value is -1.16. The number of hydrogen-bond donors (Lipinski definition) is 2. The summed E-state index contributed by atoms with van der Waals surface area (Å²) in [6, 6.07) is 6.72. The van der Waals surface area contributed by atoms with E-state index in [9.17, 15) is 0 Å². The van der Waals surface area contributed by atoms with Crippen LogP contribution < -0.4 is 10.6 Å². The summed E-state index contributed by atoms with van der Waals surface area (Å²) in [5.74, 6) is 0.170. The van der Waals surface area contributed by atoms with E-state index < -0.39 is 0 Å². The van der Waals surface area contributed by atoms with E-state index >= 15 is 0 Å². The molecule has 3 nitrogen and oxygen atoms in total. The molecule has 1 unspecified atom stereocenters. The molecule has 17 heavy (non-hydrogen) atoms. The maximum Gasteiger partial charge on any atom is 0.126 e. The highest BCUT2D eigenvalue weighted by Gasteiger charge is 2.24. The van der Waals surface area contributed by atoms with Gasteiger partial charge in [-0.05, 0) is 38.2 Å². The van der Waals surface area contributed by atoms with E-state index in [0.29, 0.717) is 6.04 Å². The first-order chi connectivity index (χ1) is 8.15. The van der Waals surface area contributed by atoms with Crippen LogP contribution in [0.1, 0.15) is 25.3 Å². The van der Waals surface area contributed by atoms with Crippen LogP contribution in [0.2, 0.25) is 0 Å². The van der Waals surface area contributed by atoms with Crippen molar-refractivity contribution in [3.63, 3.8) is 0 Å². The molecule has 0 spiro atoms. The number of rotatable bonds is 3. The number of nitrogens with two attached hydrogens (primary N) is 1. The van der Waals surface area contributed by atoms with Gasteiger partial charge in [0, 0.05) is 23.2 Å². The van der Waals surface area contributed by atoms with Crippen molar-refractivity contribution in [2.24, 2.45) is 5.73 Å². The monoisotopic (exact) mass is 249 g/mol. The summed E-state index contributed by atoms with van der Waals surface area (Å²) in [6.45, 7) is 3.31. The van der Waals surface area contributed by atoms with E-state index in [1.54, 1.807) is 11.8 Å². The molecule has 1 aromatic rings. The number of anilines is 1. The van der Waals surface area contributed by atoms with Gasteiger partial charge in [-0.3, -0.25) is 5.41 Å². The predicted molar refractivity (Wildman–Crippen MR) is 75.3 cm³/mol. The molecule has 0 amide bonds. The van der Waals surface area contributed by atoms with Crippen molar-refractivity contribution < 1.29 is 0 Å². The molecule has 1 aromatic carbocycles. The third kappa shape index (κ3) is 2.27. The summed E-state index contributed by atoms with van der Waals surface area (Å²) in [4.78, 5) is 3.46. The molecule has 3 N–H and O–H groups in total. The lowest BCUT2D eigenvalue weighted by Crippen LogP contribution is -2.29. The first-order valence-corrected chi connectivity index (χ1v) is 7.15. The molecule has 92 valence electrons. The largest absolute Gasteiger partial charge is 0.384 e. The molecule has 1 aliphatic heterocycles. The Bertz CT molecular complexity index is 431. The molecular weight excluding hydrogens is 230 g/mol. The SMILES string of the molecule is CSc1cccc(N2CCCC2C)c1C(=N)N. The Morgan fingerprint density at radius 2 is 2.29 bits per heavy atom. The van der Waals surface area contributed by atoms with Crippen LogP contribution in [-0.4, -0.2) is 24.7 Å². The fourth-order valence-corrected chi connectivity index (χ4v) is 3.12. The van der Waals surface area contributed by atoms with Crippen LogP contribution in [0.3, 0.4) is 0 Å². The first kappa shape index (κ1) is 12.3. The number of amidine groups is 1. The minimum absolute atomic E-state index is 0.170. The second kappa shape index (κ2) is 5.00. The van der Waals surface area contributed by atoms with E-state index in [0.717, 1.165) is 22.7 Å². The van der Waals surface area contributed by atoms with Gasteiger partial charge in [-0.2, -0.15) is 0 Å². The molecule has 1 saturated heterocycles. The van der Waals surface area contributed by atoms with Crippen LogP contribution >= 0.6 is 11.8 Å². The molecule has 1 aliphatic rings. The van der Waals surface area contributed by atoms with Gasteiger partial charge >= 0.3 is 0 Å². The van der Waals surface area contributed by atoms with Gasteiger partial charge in [0.15, 0.2) is 0 Å². The van der Waals surface area contributed by atoms with E-state index in [2.05, 4.69) is 24.0 Å². The molecule has 0 aromatic heterocycles. The van der Waals surface area contributed by atoms with E-state index in [1.807, 2.05) is 12.3 Å². The topological polar surface area (TPSA) is 53.1 Å². The molecule has 0 bridgehead atoms. The van der Waals surface area contributed by atoms with Crippen molar-refractivity contribution in [2.75, 3.05) is 17.7 Å². The summed E-state index contributed by atoms with van der Waals surface area (Å²) in [5.41, 5.74) is 7.76. The van der Waals surface area contributed by atoms with Crippen LogP contribution in [-0.2, 0) is 0 Å². The van der Waals surface area contributed by atoms with Gasteiger partial charge in [0.2, 0.25) is 0 Å². The van der Waals surface area contributed by atoms with Crippen LogP contribution in [0.4, 0.5) is 5.69 Å². The zero-order chi connectivity index (χ0) is 12.4. The quantitative estimate of drug-likeness (QED) is 0.492. The lowest BCUT2D eigenvalue weighted by atomic mass is 10.1. The maximum absolute atomic E-state index is 7.79. The number of thioether (sulfide) groups is 1. The van der Waals surface area contributed by atoms with Crippen molar-refractivity contribution in [3.05, 3.63) is 23.8 Å². The molecular formula is C13H19N3S. The second-order valence-electron chi connectivity index (χ2n) is 4.45. The number of nitrogen functional groups attached to an aromatic ring is 1. The van der Waals surface area contributed by atoms with Crippen molar-refractivity contribution in [1.82, 2.24) is 0 Å². The summed E-state index contributed by atoms with van der Waals surface area (Å²) < 4.78 is 0. The van der Waals surface area contributed by atoms with E-state index in [1.165, 1.54) is 12.8 Å². The molecule has 4 heteroatoms. The Morgan fingerprint density at radius 1 is 1.53 bits per heavy atom. The second-order valence-corrected chi connectivity index (χ2v) is 5.30. The summed E-state index contributed by atoms with van der Waals surface area (Å²) in [5, 5.41) is 7.79. The highest BCUT2D eigenvalue weighted by atomic mass is 32.2. The fraction of sp³-hybridized carbons (Fsp3) is 0.462. The van der Waals surface area contributed by atoms with Gasteiger partial charge in [-0.1, -0.05) is 6.07 Å². The van der Waals surface area contributed by atoms with Gasteiger partial charge in [-0.25, -0.2) is 0 Å². The van der Waals surface area contributed by atoms with Crippen LogP contribution in [0, 0.1) is 5.41 Å². The zero-order valence-electron chi connectivity index (χ0n) is 10.4. The standard InChI is InChI=1S/C13H19N3S/c1-9-5-4-8-16(9)10-6-3-7-11(17-2)12(10)13(14)15/h3,6-7,9H,4-5,8H2,1-2H3,(H3,14,15). The molecule has 2 rings (SSSR count). The molecule has 0 aliphatic carbocycles. The van der Waals surface area contributed by atoms with Crippen LogP contribution in [0.5, 0.6) is 0 Å². The average Bonchev–Trinajstić information content (AvgIpc) is 2.74. The molecule has 0 radical (unpaired) electrons. The number of nitrogens with zero attached hydrogens (tertiary/aromatic N) is 1. The van der Waals surface area contributed by atoms with Crippen molar-refractivity contribution in [3.8, 4) is 0 Å². The lowest BCUT2D eigenvalue weighted by molar-refractivity contribution is 0.734. The maximum atomic E-state index is 7.79. The highest BCUT2D eigenvalue weighted by Crippen LogP contribution is 2.33. The van der Waals surface area contributed by atoms with Gasteiger partial charge in [0.1, 0.15) is 5.84 Å². The zero-order valence-corrected chi connectivity index (χ0v) is 11.2. The summed E-state index contributed by atoms with van der Waals surface area (Å²) >= 11 is 1.65. The first-order valence-electron chi connectivity index (χ1n) is 5.93. The lowest BCUT2D eigenvalue weighted by Gasteiger charge is -2.27. The van der Waals surface area contributed by atoms with Gasteiger partial charge in [0.05, 0.1) is 5.56 Å². The van der Waals surface area contributed by atoms with Gasteiger partial charge < -0.3 is 10.6 Å². The molecule has 1 atom stereocenters. The molecule has 0 saturated carbocycles. The molecule has 1 fully saturated rings. The normalized spacial score (nSPS) is 19.6. The Morgan fingerprint density at radius 3 is 2.82 bits per heavy atom. The average molecular weight is 249 g/mol. The third-order valence-electron chi connectivity index (χ3n) is 3.36. The molecule has 1 heterocycles. The Labute approximate surface area is 107 Å². The van der Waals surface area contributed by atoms with Crippen molar-refractivity contribution in [1.29, 1.82) is 5.41 Å².